The van der Waals surface area contributed by atoms with Crippen LogP contribution >= 0.6 is 11.3 Å². The number of fused-ring (bicyclic) bond motifs is 3. The van der Waals surface area contributed by atoms with E-state index in [0.29, 0.717) is 17.5 Å². The smallest absolute Gasteiger partial charge is 0.164 e. The monoisotopic (exact) mass is 567 g/mol. The van der Waals surface area contributed by atoms with Crippen LogP contribution in [0.1, 0.15) is 0 Å². The summed E-state index contributed by atoms with van der Waals surface area (Å²) in [7, 11) is 0. The zero-order valence-electron chi connectivity index (χ0n) is 23.2. The molecule has 0 spiro atoms. The highest BCUT2D eigenvalue weighted by Gasteiger charge is 2.20. The molecule has 0 radical (unpaired) electrons. The van der Waals surface area contributed by atoms with Crippen molar-refractivity contribution < 1.29 is 0 Å². The van der Waals surface area contributed by atoms with E-state index in [1.54, 1.807) is 0 Å². The molecule has 0 aliphatic carbocycles. The molecule has 0 N–H and O–H groups in total. The van der Waals surface area contributed by atoms with Crippen LogP contribution in [-0.2, 0) is 0 Å². The van der Waals surface area contributed by atoms with E-state index in [4.69, 9.17) is 15.0 Å². The van der Waals surface area contributed by atoms with Crippen molar-refractivity contribution in [3.8, 4) is 56.4 Å². The summed E-state index contributed by atoms with van der Waals surface area (Å²) in [6, 6.07) is 52.6. The van der Waals surface area contributed by atoms with Gasteiger partial charge in [0.2, 0.25) is 0 Å². The number of thiophene rings is 1. The lowest BCUT2D eigenvalue weighted by Gasteiger charge is -2.11. The Kier molecular flexibility index (Phi) is 6.32. The Labute approximate surface area is 253 Å². The molecule has 3 nitrogen and oxygen atoms in total. The maximum Gasteiger partial charge on any atom is 0.164 e. The van der Waals surface area contributed by atoms with Crippen molar-refractivity contribution in [3.05, 3.63) is 152 Å². The quantitative estimate of drug-likeness (QED) is 0.208. The third-order valence-corrected chi connectivity index (χ3v) is 9.03. The fraction of sp³-hybridized carbons (Fsp3) is 0. The molecule has 0 aliphatic heterocycles. The van der Waals surface area contributed by atoms with E-state index in [0.717, 1.165) is 16.7 Å². The molecule has 0 unspecified atom stereocenters. The molecule has 2 aromatic heterocycles. The number of benzene rings is 6. The molecule has 0 amide bonds. The van der Waals surface area contributed by atoms with Crippen LogP contribution in [0.25, 0.3) is 76.6 Å². The first-order valence-corrected chi connectivity index (χ1v) is 15.1. The number of hydrogen-bond acceptors (Lipinski definition) is 4. The van der Waals surface area contributed by atoms with E-state index in [-0.39, 0.29) is 0 Å². The van der Waals surface area contributed by atoms with Gasteiger partial charge in [0.05, 0.1) is 0 Å². The Balaban J connectivity index is 1.45. The number of hydrogen-bond donors (Lipinski definition) is 0. The Morgan fingerprint density at radius 1 is 0.326 bits per heavy atom. The van der Waals surface area contributed by atoms with Crippen LogP contribution in [0.2, 0.25) is 0 Å². The van der Waals surface area contributed by atoms with Gasteiger partial charge in [-0.05, 0) is 28.3 Å². The highest BCUT2D eigenvalue weighted by atomic mass is 32.1. The van der Waals surface area contributed by atoms with Gasteiger partial charge < -0.3 is 0 Å². The minimum atomic E-state index is 0.661. The van der Waals surface area contributed by atoms with E-state index in [1.807, 2.05) is 72.0 Å². The van der Waals surface area contributed by atoms with Crippen LogP contribution in [0.15, 0.2) is 152 Å². The van der Waals surface area contributed by atoms with Crippen LogP contribution < -0.4 is 0 Å². The predicted molar refractivity (Wildman–Crippen MR) is 180 cm³/mol. The Morgan fingerprint density at radius 2 is 0.767 bits per heavy atom. The third kappa shape index (κ3) is 4.58. The lowest BCUT2D eigenvalue weighted by atomic mass is 9.96. The second kappa shape index (κ2) is 10.8. The summed E-state index contributed by atoms with van der Waals surface area (Å²) in [4.78, 5) is 15.1. The first-order chi connectivity index (χ1) is 21.3. The van der Waals surface area contributed by atoms with Gasteiger partial charge in [-0.15, -0.1) is 11.3 Å². The molecule has 0 saturated heterocycles. The summed E-state index contributed by atoms with van der Waals surface area (Å²) in [6.07, 6.45) is 0. The summed E-state index contributed by atoms with van der Waals surface area (Å²) in [5.41, 5.74) is 7.76. The predicted octanol–water partition coefficient (Wildman–Crippen LogP) is 10.6. The summed E-state index contributed by atoms with van der Waals surface area (Å²) in [5.74, 6) is 1.99. The van der Waals surface area contributed by atoms with Crippen LogP contribution in [0.3, 0.4) is 0 Å². The van der Waals surface area contributed by atoms with E-state index in [1.165, 1.54) is 42.4 Å². The van der Waals surface area contributed by atoms with E-state index in [2.05, 4.69) is 91.0 Å². The Bertz CT molecular complexity index is 2150. The maximum atomic E-state index is 5.10. The Hall–Kier alpha value is -5.45. The molecule has 0 atom stereocenters. The van der Waals surface area contributed by atoms with Gasteiger partial charge in [0.15, 0.2) is 17.5 Å². The highest BCUT2D eigenvalue weighted by molar-refractivity contribution is 7.27. The molecule has 43 heavy (non-hydrogen) atoms. The van der Waals surface area contributed by atoms with Crippen molar-refractivity contribution >= 4 is 31.5 Å². The normalized spacial score (nSPS) is 11.3. The first kappa shape index (κ1) is 25.3. The van der Waals surface area contributed by atoms with Crippen LogP contribution in [0.4, 0.5) is 0 Å². The summed E-state index contributed by atoms with van der Waals surface area (Å²) in [5, 5.41) is 2.38. The second-order valence-corrected chi connectivity index (χ2v) is 11.4. The van der Waals surface area contributed by atoms with Crippen molar-refractivity contribution in [1.82, 2.24) is 15.0 Å². The van der Waals surface area contributed by atoms with Gasteiger partial charge in [0, 0.05) is 36.9 Å². The molecule has 6 aromatic carbocycles. The SMILES string of the molecule is c1ccc(-c2nc(-c3ccccc3)nc(-c3ccc(-c4ccccc4)c4sc5c(-c6ccccc6)cccc5c34)n2)cc1. The Morgan fingerprint density at radius 3 is 1.30 bits per heavy atom. The number of aromatic nitrogens is 3. The van der Waals surface area contributed by atoms with Crippen LogP contribution in [-0.4, -0.2) is 15.0 Å². The van der Waals surface area contributed by atoms with Gasteiger partial charge in [0.1, 0.15) is 0 Å². The summed E-state index contributed by atoms with van der Waals surface area (Å²) >= 11 is 1.84. The molecule has 4 heteroatoms. The average molecular weight is 568 g/mol. The fourth-order valence-corrected chi connectivity index (χ4v) is 7.11. The van der Waals surface area contributed by atoms with Crippen LogP contribution in [0.5, 0.6) is 0 Å². The molecule has 2 heterocycles. The molecule has 8 aromatic rings. The van der Waals surface area contributed by atoms with Gasteiger partial charge in [-0.2, -0.15) is 0 Å². The molecular weight excluding hydrogens is 543 g/mol. The van der Waals surface area contributed by atoms with Crippen molar-refractivity contribution in [2.24, 2.45) is 0 Å². The lowest BCUT2D eigenvalue weighted by molar-refractivity contribution is 1.08. The van der Waals surface area contributed by atoms with Crippen molar-refractivity contribution in [1.29, 1.82) is 0 Å². The molecule has 0 aliphatic rings. The minimum Gasteiger partial charge on any atom is -0.208 e. The maximum absolute atomic E-state index is 5.10. The highest BCUT2D eigenvalue weighted by Crippen LogP contribution is 2.47. The topological polar surface area (TPSA) is 38.7 Å². The lowest BCUT2D eigenvalue weighted by Crippen LogP contribution is -2.00. The van der Waals surface area contributed by atoms with E-state index >= 15 is 0 Å². The summed E-state index contributed by atoms with van der Waals surface area (Å²) < 4.78 is 2.49. The third-order valence-electron chi connectivity index (χ3n) is 7.76. The van der Waals surface area contributed by atoms with Gasteiger partial charge in [-0.3, -0.25) is 0 Å². The minimum absolute atomic E-state index is 0.661. The molecule has 0 fully saturated rings. The first-order valence-electron chi connectivity index (χ1n) is 14.3. The second-order valence-electron chi connectivity index (χ2n) is 10.4. The van der Waals surface area contributed by atoms with E-state index < -0.39 is 0 Å². The molecule has 0 saturated carbocycles. The van der Waals surface area contributed by atoms with Crippen molar-refractivity contribution in [3.63, 3.8) is 0 Å². The molecular formula is C39H25N3S. The van der Waals surface area contributed by atoms with Crippen molar-refractivity contribution in [2.75, 3.05) is 0 Å². The van der Waals surface area contributed by atoms with Crippen LogP contribution in [0, 0.1) is 0 Å². The number of rotatable bonds is 5. The zero-order chi connectivity index (χ0) is 28.6. The van der Waals surface area contributed by atoms with Gasteiger partial charge >= 0.3 is 0 Å². The fourth-order valence-electron chi connectivity index (χ4n) is 5.71. The molecule has 8 rings (SSSR count). The summed E-state index contributed by atoms with van der Waals surface area (Å²) in [6.45, 7) is 0. The largest absolute Gasteiger partial charge is 0.208 e. The van der Waals surface area contributed by atoms with Crippen molar-refractivity contribution in [2.45, 2.75) is 0 Å². The number of nitrogens with zero attached hydrogens (tertiary/aromatic N) is 3. The van der Waals surface area contributed by atoms with Gasteiger partial charge in [-0.1, -0.05) is 146 Å². The molecule has 202 valence electrons. The molecule has 0 bridgehead atoms. The standard InChI is InChI=1S/C39H25N3S/c1-5-14-26(15-6-1)30-22-13-23-32-34-33(25-24-31(36(34)43-35(30)32)27-16-7-2-8-17-27)39-41-37(28-18-9-3-10-19-28)40-38(42-39)29-20-11-4-12-21-29/h1-25H. The van der Waals surface area contributed by atoms with Gasteiger partial charge in [-0.25, -0.2) is 15.0 Å². The average Bonchev–Trinajstić information content (AvgIpc) is 3.49. The zero-order valence-corrected chi connectivity index (χ0v) is 24.0. The van der Waals surface area contributed by atoms with E-state index in [9.17, 15) is 0 Å². The van der Waals surface area contributed by atoms with Gasteiger partial charge in [0.25, 0.3) is 0 Å².